The van der Waals surface area contributed by atoms with Gasteiger partial charge in [-0.05, 0) is 30.7 Å². The summed E-state index contributed by atoms with van der Waals surface area (Å²) in [6, 6.07) is 10.0. The van der Waals surface area contributed by atoms with Crippen LogP contribution in [0.1, 0.15) is 15.9 Å². The van der Waals surface area contributed by atoms with Gasteiger partial charge in [0, 0.05) is 35.0 Å². The summed E-state index contributed by atoms with van der Waals surface area (Å²) in [4.78, 5) is 12.2. The third-order valence-corrected chi connectivity index (χ3v) is 4.30. The summed E-state index contributed by atoms with van der Waals surface area (Å²) in [6.45, 7) is 1.70. The number of hydrogen-bond donors (Lipinski definition) is 0. The van der Waals surface area contributed by atoms with Crippen LogP contribution in [0.15, 0.2) is 36.4 Å². The summed E-state index contributed by atoms with van der Waals surface area (Å²) in [5.41, 5.74) is 1.95. The predicted molar refractivity (Wildman–Crippen MR) is 87.2 cm³/mol. The second-order valence-corrected chi connectivity index (χ2v) is 5.94. The number of carbonyl (C=O) groups excluding carboxylic acids is 1. The van der Waals surface area contributed by atoms with Crippen molar-refractivity contribution in [1.82, 2.24) is 4.31 Å². The van der Waals surface area contributed by atoms with Crippen LogP contribution in [0.2, 0.25) is 5.02 Å². The first-order valence-electron chi connectivity index (χ1n) is 6.33. The van der Waals surface area contributed by atoms with E-state index in [9.17, 15) is 9.18 Å². The highest BCUT2D eigenvalue weighted by Gasteiger charge is 2.16. The van der Waals surface area contributed by atoms with Crippen molar-refractivity contribution in [3.63, 3.8) is 0 Å². The summed E-state index contributed by atoms with van der Waals surface area (Å²) in [6.07, 6.45) is 1.81. The first-order valence-corrected chi connectivity index (χ1v) is 7.89. The number of aryl methyl sites for hydroxylation is 1. The number of amides is 1. The average molecular weight is 324 g/mol. The van der Waals surface area contributed by atoms with Crippen LogP contribution in [0.4, 0.5) is 4.39 Å². The standard InChI is InChI=1S/C16H15ClFNOS/c1-10-5-4-6-12(15(10)18)13-9-11(7-8-14(13)17)16(20)19(2)21-3/h4-9H,1-3H3. The quantitative estimate of drug-likeness (QED) is 0.756. The molecule has 2 rings (SSSR count). The van der Waals surface area contributed by atoms with Gasteiger partial charge in [-0.2, -0.15) is 0 Å². The molecule has 0 heterocycles. The molecule has 2 nitrogen and oxygen atoms in total. The molecule has 2 aromatic rings. The number of benzene rings is 2. The Hall–Kier alpha value is -1.52. The molecule has 110 valence electrons. The maximum Gasteiger partial charge on any atom is 0.263 e. The zero-order valence-corrected chi connectivity index (χ0v) is 13.6. The van der Waals surface area contributed by atoms with Crippen LogP contribution >= 0.6 is 23.5 Å². The van der Waals surface area contributed by atoms with Crippen molar-refractivity contribution in [2.75, 3.05) is 13.3 Å². The fourth-order valence-corrected chi connectivity index (χ4v) is 2.48. The lowest BCUT2D eigenvalue weighted by atomic mass is 10.00. The van der Waals surface area contributed by atoms with Gasteiger partial charge in [-0.15, -0.1) is 0 Å². The summed E-state index contributed by atoms with van der Waals surface area (Å²) in [5, 5.41) is 0.419. The highest BCUT2D eigenvalue weighted by atomic mass is 35.5. The number of hydrogen-bond acceptors (Lipinski definition) is 2. The SMILES string of the molecule is CSN(C)C(=O)c1ccc(Cl)c(-c2cccc(C)c2F)c1. The number of halogens is 2. The molecule has 0 bridgehead atoms. The van der Waals surface area contributed by atoms with Crippen LogP contribution in [-0.2, 0) is 0 Å². The minimum atomic E-state index is -0.317. The Morgan fingerprint density at radius 3 is 2.62 bits per heavy atom. The normalized spacial score (nSPS) is 10.5. The number of rotatable bonds is 3. The first kappa shape index (κ1) is 15.9. The molecule has 0 aliphatic carbocycles. The van der Waals surface area contributed by atoms with E-state index in [1.165, 1.54) is 16.3 Å². The number of nitrogens with zero attached hydrogens (tertiary/aromatic N) is 1. The van der Waals surface area contributed by atoms with Crippen LogP contribution < -0.4 is 0 Å². The van der Waals surface area contributed by atoms with Gasteiger partial charge in [0.2, 0.25) is 0 Å². The summed E-state index contributed by atoms with van der Waals surface area (Å²) in [5.74, 6) is -0.462. The maximum atomic E-state index is 14.3. The van der Waals surface area contributed by atoms with Gasteiger partial charge in [-0.3, -0.25) is 9.10 Å². The van der Waals surface area contributed by atoms with Gasteiger partial charge >= 0.3 is 0 Å². The molecule has 0 aliphatic heterocycles. The van der Waals surface area contributed by atoms with Crippen molar-refractivity contribution >= 4 is 29.5 Å². The summed E-state index contributed by atoms with van der Waals surface area (Å²) in [7, 11) is 1.69. The van der Waals surface area contributed by atoms with Gasteiger partial charge in [-0.25, -0.2) is 4.39 Å². The van der Waals surface area contributed by atoms with Crippen molar-refractivity contribution in [1.29, 1.82) is 0 Å². The molecule has 0 spiro atoms. The predicted octanol–water partition coefficient (Wildman–Crippen LogP) is 4.80. The van der Waals surface area contributed by atoms with E-state index in [0.29, 0.717) is 27.3 Å². The van der Waals surface area contributed by atoms with E-state index in [2.05, 4.69) is 0 Å². The van der Waals surface area contributed by atoms with Crippen molar-refractivity contribution in [3.05, 3.63) is 58.4 Å². The third kappa shape index (κ3) is 3.22. The van der Waals surface area contributed by atoms with Crippen molar-refractivity contribution in [3.8, 4) is 11.1 Å². The van der Waals surface area contributed by atoms with Crippen LogP contribution in [-0.4, -0.2) is 23.5 Å². The van der Waals surface area contributed by atoms with Crippen molar-refractivity contribution in [2.24, 2.45) is 0 Å². The second-order valence-electron chi connectivity index (χ2n) is 4.62. The van der Waals surface area contributed by atoms with E-state index < -0.39 is 0 Å². The largest absolute Gasteiger partial charge is 0.286 e. The Morgan fingerprint density at radius 2 is 1.95 bits per heavy atom. The van der Waals surface area contributed by atoms with E-state index in [0.717, 1.165) is 0 Å². The Morgan fingerprint density at radius 1 is 1.24 bits per heavy atom. The second kappa shape index (κ2) is 6.50. The van der Waals surface area contributed by atoms with Crippen LogP contribution in [0.5, 0.6) is 0 Å². The number of carbonyl (C=O) groups is 1. The molecule has 0 atom stereocenters. The minimum absolute atomic E-state index is 0.145. The smallest absolute Gasteiger partial charge is 0.263 e. The summed E-state index contributed by atoms with van der Waals surface area (Å²) >= 11 is 7.49. The first-order chi connectivity index (χ1) is 9.95. The lowest BCUT2D eigenvalue weighted by molar-refractivity contribution is 0.0892. The molecule has 0 radical (unpaired) electrons. The highest BCUT2D eigenvalue weighted by Crippen LogP contribution is 2.32. The van der Waals surface area contributed by atoms with Gasteiger partial charge in [0.15, 0.2) is 0 Å². The Balaban J connectivity index is 2.54. The fraction of sp³-hybridized carbons (Fsp3) is 0.188. The van der Waals surface area contributed by atoms with Gasteiger partial charge in [-0.1, -0.05) is 41.7 Å². The fourth-order valence-electron chi connectivity index (χ4n) is 1.98. The van der Waals surface area contributed by atoms with Gasteiger partial charge in [0.05, 0.1) is 0 Å². The van der Waals surface area contributed by atoms with E-state index in [-0.39, 0.29) is 11.7 Å². The molecule has 21 heavy (non-hydrogen) atoms. The van der Waals surface area contributed by atoms with E-state index in [4.69, 9.17) is 11.6 Å². The van der Waals surface area contributed by atoms with Crippen molar-refractivity contribution < 1.29 is 9.18 Å². The lowest BCUT2D eigenvalue weighted by Crippen LogP contribution is -2.19. The topological polar surface area (TPSA) is 20.3 Å². The molecular weight excluding hydrogens is 309 g/mol. The molecule has 0 aliphatic rings. The van der Waals surface area contributed by atoms with Crippen LogP contribution in [0, 0.1) is 12.7 Å². The Kier molecular flexibility index (Phi) is 4.91. The molecule has 0 aromatic heterocycles. The maximum absolute atomic E-state index is 14.3. The van der Waals surface area contributed by atoms with Crippen LogP contribution in [0.3, 0.4) is 0 Å². The molecule has 2 aromatic carbocycles. The Bertz CT molecular complexity index is 690. The van der Waals surface area contributed by atoms with Gasteiger partial charge < -0.3 is 0 Å². The molecule has 1 amide bonds. The zero-order valence-electron chi connectivity index (χ0n) is 12.0. The minimum Gasteiger partial charge on any atom is -0.286 e. The van der Waals surface area contributed by atoms with E-state index in [1.54, 1.807) is 50.4 Å². The van der Waals surface area contributed by atoms with E-state index >= 15 is 0 Å². The third-order valence-electron chi connectivity index (χ3n) is 3.26. The van der Waals surface area contributed by atoms with Gasteiger partial charge in [0.1, 0.15) is 5.82 Å². The zero-order chi connectivity index (χ0) is 15.6. The molecular formula is C16H15ClFNOS. The van der Waals surface area contributed by atoms with Crippen LogP contribution in [0.25, 0.3) is 11.1 Å². The van der Waals surface area contributed by atoms with Crippen molar-refractivity contribution in [2.45, 2.75) is 6.92 Å². The van der Waals surface area contributed by atoms with E-state index in [1.807, 2.05) is 6.26 Å². The monoisotopic (exact) mass is 323 g/mol. The average Bonchev–Trinajstić information content (AvgIpc) is 2.49. The molecule has 5 heteroatoms. The summed E-state index contributed by atoms with van der Waals surface area (Å²) < 4.78 is 15.8. The molecule has 0 saturated heterocycles. The molecule has 0 fully saturated rings. The highest BCUT2D eigenvalue weighted by molar-refractivity contribution is 7.96. The molecule has 0 N–H and O–H groups in total. The molecule has 0 unspecified atom stereocenters. The Labute approximate surface area is 133 Å². The van der Waals surface area contributed by atoms with Gasteiger partial charge in [0.25, 0.3) is 5.91 Å². The lowest BCUT2D eigenvalue weighted by Gasteiger charge is -2.15. The molecule has 0 saturated carbocycles.